The summed E-state index contributed by atoms with van der Waals surface area (Å²) in [5.74, 6) is 0.347. The molecular formula is C28H37N3O6. The molecule has 37 heavy (non-hydrogen) atoms. The lowest BCUT2D eigenvalue weighted by atomic mass is 9.68. The molecule has 200 valence electrons. The Hall–Kier alpha value is -3.75. The molecule has 3 rings (SSSR count). The minimum atomic E-state index is -0.521. The third-order valence-corrected chi connectivity index (χ3v) is 6.49. The number of rotatable bonds is 10. The van der Waals surface area contributed by atoms with Crippen LogP contribution in [0.4, 0.5) is 9.59 Å². The lowest BCUT2D eigenvalue weighted by Gasteiger charge is -2.40. The zero-order chi connectivity index (χ0) is 26.7. The van der Waals surface area contributed by atoms with Crippen molar-refractivity contribution in [2.45, 2.75) is 57.2 Å². The van der Waals surface area contributed by atoms with E-state index in [-0.39, 0.29) is 36.6 Å². The summed E-state index contributed by atoms with van der Waals surface area (Å²) in [6.45, 7) is 4.47. The van der Waals surface area contributed by atoms with Gasteiger partial charge in [-0.05, 0) is 57.2 Å². The number of benzene rings is 2. The molecule has 1 saturated carbocycles. The third-order valence-electron chi connectivity index (χ3n) is 6.49. The van der Waals surface area contributed by atoms with Gasteiger partial charge in [-0.1, -0.05) is 42.5 Å². The van der Waals surface area contributed by atoms with Gasteiger partial charge in [-0.2, -0.15) is 0 Å². The van der Waals surface area contributed by atoms with Crippen molar-refractivity contribution in [3.63, 3.8) is 0 Å². The summed E-state index contributed by atoms with van der Waals surface area (Å²) >= 11 is 0. The maximum Gasteiger partial charge on any atom is 0.407 e. The average molecular weight is 512 g/mol. The number of carbonyl (C=O) groups excluding carboxylic acids is 3. The van der Waals surface area contributed by atoms with Gasteiger partial charge in [0.15, 0.2) is 0 Å². The molecule has 1 aliphatic rings. The SMILES string of the molecule is COc1ccccc1C(=O)NCC1(c2ccccc2)CCC(OC(=O)NCCNC(=O)OC(C)C)CC1. The molecule has 0 bridgehead atoms. The highest BCUT2D eigenvalue weighted by Crippen LogP contribution is 2.40. The maximum atomic E-state index is 13.0. The smallest absolute Gasteiger partial charge is 0.407 e. The zero-order valence-electron chi connectivity index (χ0n) is 21.8. The molecule has 3 N–H and O–H groups in total. The number of hydrogen-bond donors (Lipinski definition) is 3. The van der Waals surface area contributed by atoms with Crippen LogP contribution in [0, 0.1) is 0 Å². The van der Waals surface area contributed by atoms with E-state index < -0.39 is 12.2 Å². The number of para-hydroxylation sites is 1. The van der Waals surface area contributed by atoms with Gasteiger partial charge < -0.3 is 30.2 Å². The van der Waals surface area contributed by atoms with Crippen LogP contribution in [0.15, 0.2) is 54.6 Å². The number of methoxy groups -OCH3 is 1. The predicted octanol–water partition coefficient (Wildman–Crippen LogP) is 4.17. The Balaban J connectivity index is 1.53. The van der Waals surface area contributed by atoms with Crippen molar-refractivity contribution < 1.29 is 28.6 Å². The maximum absolute atomic E-state index is 13.0. The Kier molecular flexibility index (Phi) is 10.2. The highest BCUT2D eigenvalue weighted by molar-refractivity contribution is 5.97. The molecular weight excluding hydrogens is 474 g/mol. The first-order valence-electron chi connectivity index (χ1n) is 12.7. The molecule has 0 aromatic heterocycles. The molecule has 0 heterocycles. The largest absolute Gasteiger partial charge is 0.496 e. The van der Waals surface area contributed by atoms with E-state index in [1.54, 1.807) is 33.1 Å². The Labute approximate surface area is 218 Å². The lowest BCUT2D eigenvalue weighted by molar-refractivity contribution is 0.0564. The van der Waals surface area contributed by atoms with Gasteiger partial charge in [0.05, 0.1) is 18.8 Å². The number of nitrogens with one attached hydrogen (secondary N) is 3. The number of ether oxygens (including phenoxy) is 3. The second-order valence-electron chi connectivity index (χ2n) is 9.44. The van der Waals surface area contributed by atoms with Crippen LogP contribution in [-0.4, -0.2) is 57.0 Å². The monoisotopic (exact) mass is 511 g/mol. The van der Waals surface area contributed by atoms with Crippen LogP contribution >= 0.6 is 0 Å². The normalized spacial score (nSPS) is 19.0. The van der Waals surface area contributed by atoms with Gasteiger partial charge in [0, 0.05) is 25.0 Å². The van der Waals surface area contributed by atoms with Crippen LogP contribution in [0.2, 0.25) is 0 Å². The Bertz CT molecular complexity index is 1040. The molecule has 1 aliphatic carbocycles. The van der Waals surface area contributed by atoms with Crippen molar-refractivity contribution in [2.24, 2.45) is 0 Å². The van der Waals surface area contributed by atoms with E-state index in [0.29, 0.717) is 30.7 Å². The Morgan fingerprint density at radius 3 is 2.16 bits per heavy atom. The molecule has 0 atom stereocenters. The zero-order valence-corrected chi connectivity index (χ0v) is 21.8. The molecule has 0 unspecified atom stereocenters. The quantitative estimate of drug-likeness (QED) is 0.413. The van der Waals surface area contributed by atoms with Crippen molar-refractivity contribution >= 4 is 18.1 Å². The lowest BCUT2D eigenvalue weighted by Crippen LogP contribution is -2.45. The predicted molar refractivity (Wildman–Crippen MR) is 140 cm³/mol. The second kappa shape index (κ2) is 13.5. The minimum absolute atomic E-state index is 0.184. The molecule has 9 heteroatoms. The average Bonchev–Trinajstić information content (AvgIpc) is 2.91. The van der Waals surface area contributed by atoms with Crippen LogP contribution in [0.3, 0.4) is 0 Å². The summed E-state index contributed by atoms with van der Waals surface area (Å²) in [4.78, 5) is 36.7. The number of amides is 3. The van der Waals surface area contributed by atoms with Crippen molar-refractivity contribution in [1.29, 1.82) is 0 Å². The fraction of sp³-hybridized carbons (Fsp3) is 0.464. The first-order valence-corrected chi connectivity index (χ1v) is 12.7. The van der Waals surface area contributed by atoms with E-state index in [4.69, 9.17) is 14.2 Å². The van der Waals surface area contributed by atoms with Crippen LogP contribution < -0.4 is 20.7 Å². The van der Waals surface area contributed by atoms with E-state index in [2.05, 4.69) is 28.1 Å². The second-order valence-corrected chi connectivity index (χ2v) is 9.44. The fourth-order valence-electron chi connectivity index (χ4n) is 4.58. The molecule has 0 spiro atoms. The molecule has 3 amide bonds. The standard InChI is InChI=1S/C28H37N3O6/c1-20(2)36-26(33)29-17-18-30-27(34)37-22-13-15-28(16-14-22,21-9-5-4-6-10-21)19-31-25(32)23-11-7-8-12-24(23)35-3/h4-12,20,22H,13-19H2,1-3H3,(H,29,33)(H,30,34)(H,31,32). The van der Waals surface area contributed by atoms with Crippen LogP contribution in [0.5, 0.6) is 5.75 Å². The molecule has 0 saturated heterocycles. The topological polar surface area (TPSA) is 115 Å². The highest BCUT2D eigenvalue weighted by atomic mass is 16.6. The summed E-state index contributed by atoms with van der Waals surface area (Å²) in [5.41, 5.74) is 1.38. The Morgan fingerprint density at radius 1 is 0.892 bits per heavy atom. The van der Waals surface area contributed by atoms with Crippen molar-refractivity contribution in [3.05, 3.63) is 65.7 Å². The number of hydrogen-bond acceptors (Lipinski definition) is 6. The fourth-order valence-corrected chi connectivity index (χ4v) is 4.58. The third kappa shape index (κ3) is 8.13. The first kappa shape index (κ1) is 27.8. The van der Waals surface area contributed by atoms with Gasteiger partial charge in [0.1, 0.15) is 11.9 Å². The first-order chi connectivity index (χ1) is 17.8. The Morgan fingerprint density at radius 2 is 1.51 bits per heavy atom. The minimum Gasteiger partial charge on any atom is -0.496 e. The molecule has 0 aliphatic heterocycles. The van der Waals surface area contributed by atoms with E-state index in [1.807, 2.05) is 30.3 Å². The van der Waals surface area contributed by atoms with Gasteiger partial charge in [-0.15, -0.1) is 0 Å². The van der Waals surface area contributed by atoms with Gasteiger partial charge in [-0.3, -0.25) is 4.79 Å². The molecule has 2 aromatic rings. The van der Waals surface area contributed by atoms with E-state index in [9.17, 15) is 14.4 Å². The summed E-state index contributed by atoms with van der Waals surface area (Å²) in [6, 6.07) is 17.3. The summed E-state index contributed by atoms with van der Waals surface area (Å²) in [6.07, 6.45) is 1.39. The van der Waals surface area contributed by atoms with E-state index in [0.717, 1.165) is 18.4 Å². The van der Waals surface area contributed by atoms with Gasteiger partial charge in [0.2, 0.25) is 0 Å². The molecule has 2 aromatic carbocycles. The van der Waals surface area contributed by atoms with Gasteiger partial charge >= 0.3 is 12.2 Å². The van der Waals surface area contributed by atoms with Crippen molar-refractivity contribution in [1.82, 2.24) is 16.0 Å². The highest BCUT2D eigenvalue weighted by Gasteiger charge is 2.38. The van der Waals surface area contributed by atoms with Crippen LogP contribution in [0.25, 0.3) is 0 Å². The number of carbonyl (C=O) groups is 3. The number of alkyl carbamates (subject to hydrolysis) is 2. The van der Waals surface area contributed by atoms with Gasteiger partial charge in [-0.25, -0.2) is 9.59 Å². The van der Waals surface area contributed by atoms with Crippen LogP contribution in [-0.2, 0) is 14.9 Å². The van der Waals surface area contributed by atoms with Crippen molar-refractivity contribution in [3.8, 4) is 5.75 Å². The van der Waals surface area contributed by atoms with E-state index >= 15 is 0 Å². The summed E-state index contributed by atoms with van der Waals surface area (Å²) in [5, 5.41) is 8.34. The van der Waals surface area contributed by atoms with Crippen LogP contribution in [0.1, 0.15) is 55.5 Å². The molecule has 1 fully saturated rings. The molecule has 9 nitrogen and oxygen atoms in total. The molecule has 0 radical (unpaired) electrons. The summed E-state index contributed by atoms with van der Waals surface area (Å²) in [7, 11) is 1.55. The van der Waals surface area contributed by atoms with Gasteiger partial charge in [0.25, 0.3) is 5.91 Å². The van der Waals surface area contributed by atoms with E-state index in [1.165, 1.54) is 0 Å². The summed E-state index contributed by atoms with van der Waals surface area (Å²) < 4.78 is 15.9. The van der Waals surface area contributed by atoms with Crippen molar-refractivity contribution in [2.75, 3.05) is 26.7 Å².